The second-order valence-corrected chi connectivity index (χ2v) is 4.83. The zero-order valence-electron chi connectivity index (χ0n) is 9.12. The quantitative estimate of drug-likeness (QED) is 0.726. The van der Waals surface area contributed by atoms with E-state index in [1.165, 1.54) is 0 Å². The molecule has 3 heteroatoms. The van der Waals surface area contributed by atoms with Crippen LogP contribution in [0, 0.1) is 17.3 Å². The van der Waals surface area contributed by atoms with Crippen molar-refractivity contribution in [2.75, 3.05) is 6.54 Å². The van der Waals surface area contributed by atoms with Crippen LogP contribution >= 0.6 is 0 Å². The summed E-state index contributed by atoms with van der Waals surface area (Å²) >= 11 is 0. The van der Waals surface area contributed by atoms with Gasteiger partial charge in [0.2, 0.25) is 0 Å². The molecule has 3 nitrogen and oxygen atoms in total. The first-order valence-electron chi connectivity index (χ1n) is 5.45. The molecular weight excluding hydrogens is 178 g/mol. The van der Waals surface area contributed by atoms with Gasteiger partial charge in [0.1, 0.15) is 0 Å². The molecule has 0 spiro atoms. The summed E-state index contributed by atoms with van der Waals surface area (Å²) in [5.74, 6) is 0.584. The number of nitrogens with two attached hydrogens (primary N) is 1. The van der Waals surface area contributed by atoms with E-state index in [9.17, 15) is 4.79 Å². The minimum Gasteiger partial charge on any atom is -0.481 e. The van der Waals surface area contributed by atoms with Crippen molar-refractivity contribution < 1.29 is 9.90 Å². The fourth-order valence-corrected chi connectivity index (χ4v) is 2.94. The Bertz CT molecular complexity index is 217. The zero-order valence-corrected chi connectivity index (χ0v) is 9.12. The zero-order chi connectivity index (χ0) is 10.8. The van der Waals surface area contributed by atoms with Crippen molar-refractivity contribution >= 4 is 5.97 Å². The van der Waals surface area contributed by atoms with E-state index in [2.05, 4.69) is 13.8 Å². The van der Waals surface area contributed by atoms with Crippen LogP contribution in [0.25, 0.3) is 0 Å². The SMILES string of the molecule is CC[C@H]1C[C@@](CN)(CC(=O)O)C[C@H]1C. The van der Waals surface area contributed by atoms with E-state index in [0.29, 0.717) is 18.4 Å². The molecule has 3 atom stereocenters. The summed E-state index contributed by atoms with van der Waals surface area (Å²) in [5.41, 5.74) is 5.61. The number of hydrogen-bond donors (Lipinski definition) is 2. The van der Waals surface area contributed by atoms with Crippen LogP contribution < -0.4 is 5.73 Å². The van der Waals surface area contributed by atoms with Crippen LogP contribution in [0.5, 0.6) is 0 Å². The van der Waals surface area contributed by atoms with Gasteiger partial charge in [-0.3, -0.25) is 4.79 Å². The molecule has 1 saturated carbocycles. The largest absolute Gasteiger partial charge is 0.481 e. The first kappa shape index (κ1) is 11.5. The predicted octanol–water partition coefficient (Wildman–Crippen LogP) is 1.86. The Kier molecular flexibility index (Phi) is 3.53. The van der Waals surface area contributed by atoms with Gasteiger partial charge in [0.15, 0.2) is 0 Å². The molecule has 1 aliphatic rings. The van der Waals surface area contributed by atoms with E-state index in [4.69, 9.17) is 10.8 Å². The molecule has 0 saturated heterocycles. The molecule has 82 valence electrons. The Labute approximate surface area is 85.7 Å². The molecule has 3 N–H and O–H groups in total. The van der Waals surface area contributed by atoms with Gasteiger partial charge in [0.25, 0.3) is 0 Å². The lowest BCUT2D eigenvalue weighted by atomic mass is 9.81. The monoisotopic (exact) mass is 199 g/mol. The fourth-order valence-electron chi connectivity index (χ4n) is 2.94. The van der Waals surface area contributed by atoms with E-state index in [1.807, 2.05) is 0 Å². The van der Waals surface area contributed by atoms with Crippen molar-refractivity contribution in [3.05, 3.63) is 0 Å². The standard InChI is InChI=1S/C11H21NO2/c1-3-9-5-11(7-12,4-8(9)2)6-10(13)14/h8-9H,3-7,12H2,1-2H3,(H,13,14)/t8-,9+,11-/m1/s1. The van der Waals surface area contributed by atoms with Crippen LogP contribution in [0.15, 0.2) is 0 Å². The first-order chi connectivity index (χ1) is 6.53. The summed E-state index contributed by atoms with van der Waals surface area (Å²) in [4.78, 5) is 10.8. The van der Waals surface area contributed by atoms with Crippen LogP contribution in [-0.2, 0) is 4.79 Å². The molecule has 0 bridgehead atoms. The average molecular weight is 199 g/mol. The highest BCUT2D eigenvalue weighted by Crippen LogP contribution is 2.48. The lowest BCUT2D eigenvalue weighted by molar-refractivity contribution is -0.139. The summed E-state index contributed by atoms with van der Waals surface area (Å²) in [6, 6.07) is 0. The summed E-state index contributed by atoms with van der Waals surface area (Å²) in [5, 5.41) is 8.86. The molecule has 0 aromatic carbocycles. The van der Waals surface area contributed by atoms with E-state index < -0.39 is 5.97 Å². The molecule has 1 rings (SSSR count). The summed E-state index contributed by atoms with van der Waals surface area (Å²) in [6.45, 7) is 4.90. The lowest BCUT2D eigenvalue weighted by Crippen LogP contribution is -2.30. The number of rotatable bonds is 4. The van der Waals surface area contributed by atoms with E-state index >= 15 is 0 Å². The van der Waals surface area contributed by atoms with Crippen LogP contribution in [-0.4, -0.2) is 17.6 Å². The van der Waals surface area contributed by atoms with Gasteiger partial charge >= 0.3 is 5.97 Å². The van der Waals surface area contributed by atoms with Crippen molar-refractivity contribution in [1.29, 1.82) is 0 Å². The summed E-state index contributed by atoms with van der Waals surface area (Å²) in [7, 11) is 0. The van der Waals surface area contributed by atoms with Gasteiger partial charge in [0, 0.05) is 0 Å². The van der Waals surface area contributed by atoms with Crippen LogP contribution in [0.2, 0.25) is 0 Å². The van der Waals surface area contributed by atoms with Crippen molar-refractivity contribution in [3.8, 4) is 0 Å². The van der Waals surface area contributed by atoms with Gasteiger partial charge < -0.3 is 10.8 Å². The Hall–Kier alpha value is -0.570. The Morgan fingerprint density at radius 3 is 2.57 bits per heavy atom. The van der Waals surface area contributed by atoms with Gasteiger partial charge in [-0.25, -0.2) is 0 Å². The van der Waals surface area contributed by atoms with Gasteiger partial charge in [-0.15, -0.1) is 0 Å². The van der Waals surface area contributed by atoms with E-state index in [0.717, 1.165) is 19.3 Å². The first-order valence-corrected chi connectivity index (χ1v) is 5.45. The third-order valence-electron chi connectivity index (χ3n) is 3.74. The van der Waals surface area contributed by atoms with Crippen molar-refractivity contribution in [1.82, 2.24) is 0 Å². The van der Waals surface area contributed by atoms with Gasteiger partial charge in [0.05, 0.1) is 6.42 Å². The number of carboxylic acids is 1. The predicted molar refractivity (Wildman–Crippen MR) is 55.9 cm³/mol. The smallest absolute Gasteiger partial charge is 0.303 e. The maximum absolute atomic E-state index is 10.8. The Morgan fingerprint density at radius 2 is 2.21 bits per heavy atom. The van der Waals surface area contributed by atoms with Crippen molar-refractivity contribution in [2.45, 2.75) is 39.5 Å². The van der Waals surface area contributed by atoms with Gasteiger partial charge in [-0.05, 0) is 36.6 Å². The maximum Gasteiger partial charge on any atom is 0.303 e. The molecular formula is C11H21NO2. The van der Waals surface area contributed by atoms with Crippen LogP contribution in [0.3, 0.4) is 0 Å². The van der Waals surface area contributed by atoms with E-state index in [-0.39, 0.29) is 11.8 Å². The van der Waals surface area contributed by atoms with Crippen LogP contribution in [0.4, 0.5) is 0 Å². The Morgan fingerprint density at radius 1 is 1.57 bits per heavy atom. The minimum atomic E-state index is -0.709. The number of carboxylic acid groups (broad SMARTS) is 1. The van der Waals surface area contributed by atoms with Crippen molar-refractivity contribution in [2.24, 2.45) is 23.0 Å². The van der Waals surface area contributed by atoms with Gasteiger partial charge in [-0.1, -0.05) is 20.3 Å². The molecule has 0 heterocycles. The lowest BCUT2D eigenvalue weighted by Gasteiger charge is -2.25. The van der Waals surface area contributed by atoms with Crippen molar-refractivity contribution in [3.63, 3.8) is 0 Å². The van der Waals surface area contributed by atoms with Gasteiger partial charge in [-0.2, -0.15) is 0 Å². The normalized spacial score (nSPS) is 37.4. The molecule has 0 aromatic heterocycles. The average Bonchev–Trinajstić information content (AvgIpc) is 2.42. The molecule has 0 aliphatic heterocycles. The molecule has 14 heavy (non-hydrogen) atoms. The molecule has 0 radical (unpaired) electrons. The highest BCUT2D eigenvalue weighted by atomic mass is 16.4. The molecule has 0 aromatic rings. The summed E-state index contributed by atoms with van der Waals surface area (Å²) < 4.78 is 0. The number of hydrogen-bond acceptors (Lipinski definition) is 2. The number of aliphatic carboxylic acids is 1. The topological polar surface area (TPSA) is 63.3 Å². The van der Waals surface area contributed by atoms with Crippen LogP contribution in [0.1, 0.15) is 39.5 Å². The third-order valence-corrected chi connectivity index (χ3v) is 3.74. The molecule has 0 amide bonds. The second kappa shape index (κ2) is 4.30. The highest BCUT2D eigenvalue weighted by Gasteiger charge is 2.42. The minimum absolute atomic E-state index is 0.119. The second-order valence-electron chi connectivity index (χ2n) is 4.83. The molecule has 0 unspecified atom stereocenters. The fraction of sp³-hybridized carbons (Fsp3) is 0.909. The summed E-state index contributed by atoms with van der Waals surface area (Å²) in [6.07, 6.45) is 3.36. The molecule has 1 fully saturated rings. The Balaban J connectivity index is 2.68. The number of carbonyl (C=O) groups is 1. The maximum atomic E-state index is 10.8. The highest BCUT2D eigenvalue weighted by molar-refractivity contribution is 5.67. The molecule has 1 aliphatic carbocycles. The van der Waals surface area contributed by atoms with E-state index in [1.54, 1.807) is 0 Å². The third kappa shape index (κ3) is 2.27.